The third-order valence-electron chi connectivity index (χ3n) is 5.12. The van der Waals surface area contributed by atoms with Crippen LogP contribution in [0.3, 0.4) is 0 Å². The highest BCUT2D eigenvalue weighted by Crippen LogP contribution is 2.33. The monoisotopic (exact) mass is 447 g/mol. The molecule has 4 rings (SSSR count). The summed E-state index contributed by atoms with van der Waals surface area (Å²) in [7, 11) is -2.15. The van der Waals surface area contributed by atoms with Crippen LogP contribution in [0.2, 0.25) is 5.02 Å². The minimum atomic E-state index is -3.71. The second-order valence-corrected chi connectivity index (χ2v) is 9.39. The molecule has 7 nitrogen and oxygen atoms in total. The zero-order valence-electron chi connectivity index (χ0n) is 16.5. The number of hydrogen-bond donors (Lipinski definition) is 0. The summed E-state index contributed by atoms with van der Waals surface area (Å²) in [5, 5.41) is 8.37. The summed E-state index contributed by atoms with van der Waals surface area (Å²) in [5.74, 6) is 1.10. The predicted octanol–water partition coefficient (Wildman–Crippen LogP) is 4.63. The summed E-state index contributed by atoms with van der Waals surface area (Å²) in [5.41, 5.74) is 1.14. The summed E-state index contributed by atoms with van der Waals surface area (Å²) in [4.78, 5) is 0.0561. The molecule has 1 saturated heterocycles. The van der Waals surface area contributed by atoms with E-state index >= 15 is 0 Å². The topological polar surface area (TPSA) is 85.5 Å². The van der Waals surface area contributed by atoms with Crippen LogP contribution in [-0.2, 0) is 10.0 Å². The van der Waals surface area contributed by atoms with Crippen LogP contribution in [-0.4, -0.2) is 43.1 Å². The number of ether oxygens (including phenoxy) is 1. The quantitative estimate of drug-likeness (QED) is 0.566. The molecule has 0 amide bonds. The van der Waals surface area contributed by atoms with Gasteiger partial charge in [-0.05, 0) is 43.2 Å². The average molecular weight is 448 g/mol. The highest BCUT2D eigenvalue weighted by molar-refractivity contribution is 7.89. The normalized spacial score (nSPS) is 15.7. The Morgan fingerprint density at radius 1 is 1.00 bits per heavy atom. The maximum absolute atomic E-state index is 13.2. The van der Waals surface area contributed by atoms with Gasteiger partial charge in [-0.2, -0.15) is 4.31 Å². The number of para-hydroxylation sites is 1. The summed E-state index contributed by atoms with van der Waals surface area (Å²) >= 11 is 6.28. The van der Waals surface area contributed by atoms with Gasteiger partial charge >= 0.3 is 0 Å². The molecule has 1 fully saturated rings. The van der Waals surface area contributed by atoms with Crippen LogP contribution >= 0.6 is 11.6 Å². The predicted molar refractivity (Wildman–Crippen MR) is 114 cm³/mol. The summed E-state index contributed by atoms with van der Waals surface area (Å²) < 4.78 is 39.1. The molecule has 3 aromatic rings. The fraction of sp³-hybridized carbons (Fsp3) is 0.333. The summed E-state index contributed by atoms with van der Waals surface area (Å²) in [6.07, 6.45) is 3.77. The second-order valence-electron chi connectivity index (χ2n) is 7.08. The molecule has 0 saturated carbocycles. The van der Waals surface area contributed by atoms with E-state index in [1.807, 2.05) is 18.2 Å². The van der Waals surface area contributed by atoms with E-state index in [0.29, 0.717) is 30.0 Å². The molecule has 1 aromatic heterocycles. The zero-order chi connectivity index (χ0) is 21.1. The Morgan fingerprint density at radius 3 is 2.43 bits per heavy atom. The Bertz CT molecular complexity index is 1140. The molecule has 2 aromatic carbocycles. The van der Waals surface area contributed by atoms with Crippen LogP contribution in [0.4, 0.5) is 0 Å². The van der Waals surface area contributed by atoms with Crippen molar-refractivity contribution in [2.75, 3.05) is 20.2 Å². The van der Waals surface area contributed by atoms with E-state index in [0.717, 1.165) is 25.7 Å². The SMILES string of the molecule is COc1ccccc1-c1nnc(-c2ccc(Cl)c(S(=O)(=O)N3CCCCCC3)c2)o1. The maximum atomic E-state index is 13.2. The van der Waals surface area contributed by atoms with E-state index in [1.165, 1.54) is 10.4 Å². The van der Waals surface area contributed by atoms with Gasteiger partial charge in [0, 0.05) is 18.7 Å². The first-order valence-corrected chi connectivity index (χ1v) is 11.6. The highest BCUT2D eigenvalue weighted by Gasteiger charge is 2.28. The fourth-order valence-corrected chi connectivity index (χ4v) is 5.54. The highest BCUT2D eigenvalue weighted by atomic mass is 35.5. The lowest BCUT2D eigenvalue weighted by atomic mass is 10.2. The van der Waals surface area contributed by atoms with Gasteiger partial charge in [-0.1, -0.05) is 36.6 Å². The lowest BCUT2D eigenvalue weighted by molar-refractivity contribution is 0.414. The van der Waals surface area contributed by atoms with Crippen LogP contribution in [0.1, 0.15) is 25.7 Å². The number of sulfonamides is 1. The van der Waals surface area contributed by atoms with Crippen LogP contribution in [0, 0.1) is 0 Å². The third kappa shape index (κ3) is 4.08. The van der Waals surface area contributed by atoms with E-state index in [-0.39, 0.29) is 21.7 Å². The van der Waals surface area contributed by atoms with Gasteiger partial charge < -0.3 is 9.15 Å². The lowest BCUT2D eigenvalue weighted by Gasteiger charge is -2.20. The van der Waals surface area contributed by atoms with Crippen LogP contribution < -0.4 is 4.74 Å². The van der Waals surface area contributed by atoms with Gasteiger partial charge in [0.05, 0.1) is 17.7 Å². The van der Waals surface area contributed by atoms with E-state index in [4.69, 9.17) is 20.8 Å². The molecule has 0 aliphatic carbocycles. The van der Waals surface area contributed by atoms with Crippen LogP contribution in [0.5, 0.6) is 5.75 Å². The number of aromatic nitrogens is 2. The summed E-state index contributed by atoms with van der Waals surface area (Å²) in [6, 6.07) is 12.0. The molecule has 1 aliphatic heterocycles. The molecule has 9 heteroatoms. The molecule has 158 valence electrons. The Morgan fingerprint density at radius 2 is 1.70 bits per heavy atom. The molecule has 1 aliphatic rings. The maximum Gasteiger partial charge on any atom is 0.251 e. The van der Waals surface area contributed by atoms with Crippen molar-refractivity contribution in [3.8, 4) is 28.7 Å². The fourth-order valence-electron chi connectivity index (χ4n) is 3.53. The first kappa shape index (κ1) is 20.8. The molecule has 0 unspecified atom stereocenters. The molecule has 0 spiro atoms. The van der Waals surface area contributed by atoms with Crippen molar-refractivity contribution in [2.24, 2.45) is 0 Å². The molecule has 30 heavy (non-hydrogen) atoms. The van der Waals surface area contributed by atoms with Gasteiger partial charge in [0.15, 0.2) is 0 Å². The lowest BCUT2D eigenvalue weighted by Crippen LogP contribution is -2.32. The van der Waals surface area contributed by atoms with E-state index < -0.39 is 10.0 Å². The molecular weight excluding hydrogens is 426 g/mol. The number of methoxy groups -OCH3 is 1. The van der Waals surface area contributed by atoms with Crippen molar-refractivity contribution >= 4 is 21.6 Å². The Balaban J connectivity index is 1.70. The van der Waals surface area contributed by atoms with Crippen molar-refractivity contribution in [3.63, 3.8) is 0 Å². The van der Waals surface area contributed by atoms with E-state index in [1.54, 1.807) is 25.3 Å². The second kappa shape index (κ2) is 8.75. The van der Waals surface area contributed by atoms with Crippen molar-refractivity contribution in [1.82, 2.24) is 14.5 Å². The standard InChI is InChI=1S/C21H22ClN3O4S/c1-28-18-9-5-4-8-16(18)21-24-23-20(29-21)15-10-11-17(22)19(14-15)30(26,27)25-12-6-2-3-7-13-25/h4-5,8-11,14H,2-3,6-7,12-13H2,1H3. The van der Waals surface area contributed by atoms with E-state index in [9.17, 15) is 8.42 Å². The average Bonchev–Trinajstić information content (AvgIpc) is 3.07. The minimum absolute atomic E-state index is 0.0561. The zero-order valence-corrected chi connectivity index (χ0v) is 18.1. The van der Waals surface area contributed by atoms with Crippen LogP contribution in [0.15, 0.2) is 51.8 Å². The number of hydrogen-bond acceptors (Lipinski definition) is 6. The third-order valence-corrected chi connectivity index (χ3v) is 7.50. The number of halogens is 1. The van der Waals surface area contributed by atoms with Gasteiger partial charge in [-0.25, -0.2) is 8.42 Å². The number of rotatable bonds is 5. The van der Waals surface area contributed by atoms with Gasteiger partial charge in [0.1, 0.15) is 10.6 Å². The molecule has 0 radical (unpaired) electrons. The van der Waals surface area contributed by atoms with Gasteiger partial charge in [0.2, 0.25) is 15.9 Å². The van der Waals surface area contributed by atoms with Gasteiger partial charge in [0.25, 0.3) is 5.89 Å². The van der Waals surface area contributed by atoms with Crippen molar-refractivity contribution < 1.29 is 17.6 Å². The number of nitrogens with zero attached hydrogens (tertiary/aromatic N) is 3. The smallest absolute Gasteiger partial charge is 0.251 e. The molecule has 0 bridgehead atoms. The van der Waals surface area contributed by atoms with Crippen molar-refractivity contribution in [3.05, 3.63) is 47.5 Å². The number of benzene rings is 2. The Kier molecular flexibility index (Phi) is 6.08. The molecule has 0 N–H and O–H groups in total. The first-order valence-electron chi connectivity index (χ1n) is 9.77. The van der Waals surface area contributed by atoms with Crippen molar-refractivity contribution in [1.29, 1.82) is 0 Å². The first-order chi connectivity index (χ1) is 14.5. The minimum Gasteiger partial charge on any atom is -0.496 e. The van der Waals surface area contributed by atoms with E-state index in [2.05, 4.69) is 10.2 Å². The largest absolute Gasteiger partial charge is 0.496 e. The van der Waals surface area contributed by atoms with Gasteiger partial charge in [-0.15, -0.1) is 10.2 Å². The van der Waals surface area contributed by atoms with Crippen molar-refractivity contribution in [2.45, 2.75) is 30.6 Å². The molecular formula is C21H22ClN3O4S. The van der Waals surface area contributed by atoms with Gasteiger partial charge in [-0.3, -0.25) is 0 Å². The molecule has 2 heterocycles. The Labute approximate surface area is 180 Å². The summed E-state index contributed by atoms with van der Waals surface area (Å²) in [6.45, 7) is 1.00. The molecule has 0 atom stereocenters. The van der Waals surface area contributed by atoms with Crippen LogP contribution in [0.25, 0.3) is 22.9 Å². The Hall–Kier alpha value is -2.42.